The van der Waals surface area contributed by atoms with Gasteiger partial charge >= 0.3 is 0 Å². The maximum Gasteiger partial charge on any atom is 0.250 e. The molecule has 0 saturated heterocycles. The van der Waals surface area contributed by atoms with Gasteiger partial charge < -0.3 is 15.7 Å². The first kappa shape index (κ1) is 21.5. The van der Waals surface area contributed by atoms with Crippen LogP contribution in [0.25, 0.3) is 11.1 Å². The third-order valence-electron chi connectivity index (χ3n) is 4.97. The Balaban J connectivity index is 2.20. The van der Waals surface area contributed by atoms with Gasteiger partial charge in [-0.15, -0.1) is 0 Å². The van der Waals surface area contributed by atoms with Crippen molar-refractivity contribution >= 4 is 11.6 Å². The SMILES string of the molecule is C/C=C(\C=C(/C)C(O)Nc1ccc(-c2ccc(C)c(C)c2)cc1C)C(=O)NC. The summed E-state index contributed by atoms with van der Waals surface area (Å²) in [6, 6.07) is 12.6. The number of anilines is 1. The highest BCUT2D eigenvalue weighted by molar-refractivity contribution is 5.96. The Kier molecular flexibility index (Phi) is 7.18. The van der Waals surface area contributed by atoms with Crippen molar-refractivity contribution in [3.05, 3.63) is 76.4 Å². The van der Waals surface area contributed by atoms with E-state index < -0.39 is 6.23 Å². The van der Waals surface area contributed by atoms with E-state index in [1.807, 2.05) is 19.1 Å². The molecular weight excluding hydrogens is 348 g/mol. The van der Waals surface area contributed by atoms with Gasteiger partial charge in [0, 0.05) is 18.3 Å². The summed E-state index contributed by atoms with van der Waals surface area (Å²) in [5.74, 6) is -0.178. The molecule has 1 atom stereocenters. The standard InChI is InChI=1S/C24H30N2O2/c1-7-19(24(28)25-6)14-18(5)23(27)26-22-11-10-21(13-17(22)4)20-9-8-15(2)16(3)12-20/h7-14,23,26-27H,1-6H3,(H,25,28)/b18-14+,19-7+. The molecule has 2 aromatic carbocycles. The van der Waals surface area contributed by atoms with Gasteiger partial charge in [-0.3, -0.25) is 4.79 Å². The van der Waals surface area contributed by atoms with Crippen molar-refractivity contribution < 1.29 is 9.90 Å². The number of rotatable bonds is 6. The summed E-state index contributed by atoms with van der Waals surface area (Å²) in [4.78, 5) is 11.8. The Hall–Kier alpha value is -2.85. The van der Waals surface area contributed by atoms with Crippen LogP contribution in [0, 0.1) is 20.8 Å². The second-order valence-electron chi connectivity index (χ2n) is 7.09. The number of carbonyl (C=O) groups is 1. The van der Waals surface area contributed by atoms with E-state index in [0.29, 0.717) is 11.1 Å². The van der Waals surface area contributed by atoms with Crippen molar-refractivity contribution in [3.63, 3.8) is 0 Å². The number of amides is 1. The van der Waals surface area contributed by atoms with E-state index in [9.17, 15) is 9.90 Å². The molecular formula is C24H30N2O2. The van der Waals surface area contributed by atoms with Crippen LogP contribution in [0.5, 0.6) is 0 Å². The first-order chi connectivity index (χ1) is 13.3. The Morgan fingerprint density at radius 1 is 1.00 bits per heavy atom. The van der Waals surface area contributed by atoms with Crippen LogP contribution in [0.1, 0.15) is 30.5 Å². The van der Waals surface area contributed by atoms with Crippen LogP contribution in [0.4, 0.5) is 5.69 Å². The molecule has 1 amide bonds. The molecule has 1 unspecified atom stereocenters. The zero-order chi connectivity index (χ0) is 20.8. The van der Waals surface area contributed by atoms with Gasteiger partial charge in [0.15, 0.2) is 0 Å². The van der Waals surface area contributed by atoms with Crippen molar-refractivity contribution in [1.82, 2.24) is 5.32 Å². The van der Waals surface area contributed by atoms with Gasteiger partial charge in [0.1, 0.15) is 6.23 Å². The topological polar surface area (TPSA) is 61.4 Å². The molecule has 0 heterocycles. The number of hydrogen-bond donors (Lipinski definition) is 3. The normalized spacial score (nSPS) is 13.2. The van der Waals surface area contributed by atoms with Crippen LogP contribution in [0.3, 0.4) is 0 Å². The fourth-order valence-corrected chi connectivity index (χ4v) is 2.94. The number of hydrogen-bond acceptors (Lipinski definition) is 3. The van der Waals surface area contributed by atoms with Crippen molar-refractivity contribution in [2.45, 2.75) is 40.8 Å². The van der Waals surface area contributed by atoms with Crippen LogP contribution < -0.4 is 10.6 Å². The lowest BCUT2D eigenvalue weighted by molar-refractivity contribution is -0.116. The summed E-state index contributed by atoms with van der Waals surface area (Å²) in [5.41, 5.74) is 7.94. The van der Waals surface area contributed by atoms with Gasteiger partial charge in [-0.05, 0) is 86.2 Å². The third kappa shape index (κ3) is 5.11. The van der Waals surface area contributed by atoms with Gasteiger partial charge in [-0.2, -0.15) is 0 Å². The van der Waals surface area contributed by atoms with E-state index in [4.69, 9.17) is 0 Å². The van der Waals surface area contributed by atoms with Crippen LogP contribution in [0.2, 0.25) is 0 Å². The van der Waals surface area contributed by atoms with E-state index in [1.165, 1.54) is 16.7 Å². The van der Waals surface area contributed by atoms with Gasteiger partial charge in [-0.25, -0.2) is 0 Å². The molecule has 2 aromatic rings. The molecule has 4 nitrogen and oxygen atoms in total. The number of aryl methyl sites for hydroxylation is 3. The summed E-state index contributed by atoms with van der Waals surface area (Å²) >= 11 is 0. The van der Waals surface area contributed by atoms with Gasteiger partial charge in [-0.1, -0.05) is 30.3 Å². The highest BCUT2D eigenvalue weighted by atomic mass is 16.3. The highest BCUT2D eigenvalue weighted by Crippen LogP contribution is 2.27. The molecule has 0 fully saturated rings. The predicted molar refractivity (Wildman–Crippen MR) is 117 cm³/mol. The maximum atomic E-state index is 11.8. The fourth-order valence-electron chi connectivity index (χ4n) is 2.94. The maximum absolute atomic E-state index is 11.8. The molecule has 3 N–H and O–H groups in total. The summed E-state index contributed by atoms with van der Waals surface area (Å²) < 4.78 is 0. The number of aliphatic hydroxyl groups excluding tert-OH is 1. The number of allylic oxidation sites excluding steroid dienone is 1. The van der Waals surface area contributed by atoms with E-state index in [2.05, 4.69) is 48.7 Å². The van der Waals surface area contributed by atoms with E-state index >= 15 is 0 Å². The van der Waals surface area contributed by atoms with Gasteiger partial charge in [0.25, 0.3) is 5.91 Å². The zero-order valence-corrected chi connectivity index (χ0v) is 17.6. The van der Waals surface area contributed by atoms with Gasteiger partial charge in [0.05, 0.1) is 0 Å². The number of nitrogens with one attached hydrogen (secondary N) is 2. The molecule has 0 aliphatic heterocycles. The summed E-state index contributed by atoms with van der Waals surface area (Å²) in [6.07, 6.45) is 2.53. The molecule has 0 aromatic heterocycles. The second-order valence-corrected chi connectivity index (χ2v) is 7.09. The zero-order valence-electron chi connectivity index (χ0n) is 17.6. The third-order valence-corrected chi connectivity index (χ3v) is 4.97. The van der Waals surface area contributed by atoms with E-state index in [1.54, 1.807) is 33.0 Å². The van der Waals surface area contributed by atoms with Crippen LogP contribution in [-0.4, -0.2) is 24.3 Å². The molecule has 0 saturated carbocycles. The lowest BCUT2D eigenvalue weighted by Gasteiger charge is -2.18. The molecule has 0 aliphatic carbocycles. The van der Waals surface area contributed by atoms with Crippen molar-refractivity contribution in [2.24, 2.45) is 0 Å². The van der Waals surface area contributed by atoms with Crippen LogP contribution in [-0.2, 0) is 4.79 Å². The van der Waals surface area contributed by atoms with E-state index in [-0.39, 0.29) is 5.91 Å². The van der Waals surface area contributed by atoms with Crippen LogP contribution >= 0.6 is 0 Å². The Bertz CT molecular complexity index is 926. The van der Waals surface area contributed by atoms with Crippen molar-refractivity contribution in [2.75, 3.05) is 12.4 Å². The van der Waals surface area contributed by atoms with E-state index in [0.717, 1.165) is 16.8 Å². The average molecular weight is 379 g/mol. The number of likely N-dealkylation sites (N-methyl/N-ethyl adjacent to an activating group) is 1. The minimum atomic E-state index is -0.884. The molecule has 0 aliphatic rings. The number of benzene rings is 2. The van der Waals surface area contributed by atoms with Crippen molar-refractivity contribution in [1.29, 1.82) is 0 Å². The summed E-state index contributed by atoms with van der Waals surface area (Å²) in [7, 11) is 1.59. The second kappa shape index (κ2) is 9.38. The predicted octanol–water partition coefficient (Wildman–Crippen LogP) is 4.65. The first-order valence-corrected chi connectivity index (χ1v) is 9.46. The fraction of sp³-hybridized carbons (Fsp3) is 0.292. The molecule has 2 rings (SSSR count). The minimum absolute atomic E-state index is 0.178. The molecule has 0 spiro atoms. The number of aliphatic hydroxyl groups is 1. The van der Waals surface area contributed by atoms with Crippen molar-refractivity contribution in [3.8, 4) is 11.1 Å². The Morgan fingerprint density at radius 3 is 2.14 bits per heavy atom. The number of carbonyl (C=O) groups excluding carboxylic acids is 1. The Labute approximate surface area is 168 Å². The highest BCUT2D eigenvalue weighted by Gasteiger charge is 2.11. The minimum Gasteiger partial charge on any atom is -0.370 e. The average Bonchev–Trinajstić information content (AvgIpc) is 2.68. The smallest absolute Gasteiger partial charge is 0.250 e. The monoisotopic (exact) mass is 378 g/mol. The van der Waals surface area contributed by atoms with Crippen LogP contribution in [0.15, 0.2) is 59.7 Å². The summed E-state index contributed by atoms with van der Waals surface area (Å²) in [5, 5.41) is 16.2. The van der Waals surface area contributed by atoms with Gasteiger partial charge in [0.2, 0.25) is 0 Å². The lowest BCUT2D eigenvalue weighted by atomic mass is 9.98. The quantitative estimate of drug-likeness (QED) is 0.390. The molecule has 0 bridgehead atoms. The lowest BCUT2D eigenvalue weighted by Crippen LogP contribution is -2.23. The first-order valence-electron chi connectivity index (χ1n) is 9.46. The Morgan fingerprint density at radius 2 is 1.61 bits per heavy atom. The largest absolute Gasteiger partial charge is 0.370 e. The molecule has 148 valence electrons. The molecule has 4 heteroatoms. The summed E-state index contributed by atoms with van der Waals surface area (Å²) in [6.45, 7) is 9.83. The molecule has 28 heavy (non-hydrogen) atoms. The molecule has 0 radical (unpaired) electrons.